The molecule has 1 N–H and O–H groups in total. The van der Waals surface area contributed by atoms with Gasteiger partial charge in [0.05, 0.1) is 12.7 Å². The lowest BCUT2D eigenvalue weighted by Gasteiger charge is -2.23. The molecule has 1 unspecified atom stereocenters. The van der Waals surface area contributed by atoms with Gasteiger partial charge in [0.25, 0.3) is 0 Å². The van der Waals surface area contributed by atoms with E-state index in [-0.39, 0.29) is 0 Å². The Hall–Kier alpha value is -0.380. The normalized spacial score (nSPS) is 22.2. The maximum Gasteiger partial charge on any atom is 0.0740 e. The van der Waals surface area contributed by atoms with Crippen LogP contribution in [0.15, 0.2) is 28.7 Å². The molecule has 0 spiro atoms. The van der Waals surface area contributed by atoms with E-state index < -0.39 is 0 Å². The van der Waals surface area contributed by atoms with Crippen LogP contribution in [0, 0.1) is 0 Å². The third-order valence-corrected chi connectivity index (χ3v) is 2.85. The molecule has 14 heavy (non-hydrogen) atoms. The van der Waals surface area contributed by atoms with Crippen LogP contribution in [0.3, 0.4) is 0 Å². The van der Waals surface area contributed by atoms with Crippen molar-refractivity contribution < 1.29 is 4.74 Å². The first kappa shape index (κ1) is 10.1. The molecule has 1 aromatic carbocycles. The second-order valence-corrected chi connectivity index (χ2v) is 4.45. The zero-order valence-corrected chi connectivity index (χ0v) is 9.59. The van der Waals surface area contributed by atoms with E-state index in [0.29, 0.717) is 6.10 Å². The lowest BCUT2D eigenvalue weighted by Crippen LogP contribution is -2.39. The molecule has 0 bridgehead atoms. The van der Waals surface area contributed by atoms with E-state index in [1.54, 1.807) is 0 Å². The first-order valence-electron chi connectivity index (χ1n) is 4.91. The number of nitrogens with one attached hydrogen (secondary N) is 1. The summed E-state index contributed by atoms with van der Waals surface area (Å²) in [5, 5.41) is 3.33. The van der Waals surface area contributed by atoms with Crippen molar-refractivity contribution >= 4 is 15.9 Å². The van der Waals surface area contributed by atoms with Gasteiger partial charge in [-0.25, -0.2) is 0 Å². The molecule has 0 aromatic heterocycles. The fourth-order valence-electron chi connectivity index (χ4n) is 1.68. The van der Waals surface area contributed by atoms with Crippen LogP contribution in [0.2, 0.25) is 0 Å². The number of rotatable bonds is 2. The highest BCUT2D eigenvalue weighted by Gasteiger charge is 2.13. The van der Waals surface area contributed by atoms with Gasteiger partial charge in [-0.15, -0.1) is 0 Å². The average Bonchev–Trinajstić information content (AvgIpc) is 2.19. The van der Waals surface area contributed by atoms with Crippen LogP contribution in [-0.4, -0.2) is 25.8 Å². The molecule has 76 valence electrons. The molecule has 0 saturated carbocycles. The highest BCUT2D eigenvalue weighted by Crippen LogP contribution is 2.14. The fraction of sp³-hybridized carbons (Fsp3) is 0.455. The first-order chi connectivity index (χ1) is 6.84. The molecule has 3 heteroatoms. The molecule has 2 rings (SSSR count). The number of ether oxygens (including phenoxy) is 1. The highest BCUT2D eigenvalue weighted by atomic mass is 79.9. The summed E-state index contributed by atoms with van der Waals surface area (Å²) in [5.74, 6) is 0. The summed E-state index contributed by atoms with van der Waals surface area (Å²) in [4.78, 5) is 0. The molecule has 0 amide bonds. The van der Waals surface area contributed by atoms with E-state index in [4.69, 9.17) is 4.74 Å². The van der Waals surface area contributed by atoms with Crippen molar-refractivity contribution in [3.8, 4) is 0 Å². The summed E-state index contributed by atoms with van der Waals surface area (Å²) >= 11 is 3.47. The molecule has 1 fully saturated rings. The van der Waals surface area contributed by atoms with Crippen molar-refractivity contribution in [1.82, 2.24) is 5.32 Å². The third kappa shape index (κ3) is 2.80. The summed E-state index contributed by atoms with van der Waals surface area (Å²) < 4.78 is 6.78. The molecule has 0 aliphatic carbocycles. The quantitative estimate of drug-likeness (QED) is 0.873. The molecular weight excluding hydrogens is 242 g/mol. The van der Waals surface area contributed by atoms with Crippen molar-refractivity contribution in [3.05, 3.63) is 34.3 Å². The fourth-order valence-corrected chi connectivity index (χ4v) is 2.12. The highest BCUT2D eigenvalue weighted by molar-refractivity contribution is 9.10. The smallest absolute Gasteiger partial charge is 0.0740 e. The van der Waals surface area contributed by atoms with Crippen molar-refractivity contribution in [1.29, 1.82) is 0 Å². The van der Waals surface area contributed by atoms with E-state index >= 15 is 0 Å². The van der Waals surface area contributed by atoms with E-state index in [1.807, 2.05) is 6.07 Å². The minimum absolute atomic E-state index is 0.332. The summed E-state index contributed by atoms with van der Waals surface area (Å²) in [6.07, 6.45) is 1.32. The zero-order chi connectivity index (χ0) is 9.80. The van der Waals surface area contributed by atoms with Crippen molar-refractivity contribution in [3.63, 3.8) is 0 Å². The Morgan fingerprint density at radius 2 is 2.43 bits per heavy atom. The Morgan fingerprint density at radius 3 is 3.14 bits per heavy atom. The van der Waals surface area contributed by atoms with Gasteiger partial charge < -0.3 is 10.1 Å². The van der Waals surface area contributed by atoms with Gasteiger partial charge in [-0.3, -0.25) is 0 Å². The van der Waals surface area contributed by atoms with Crippen molar-refractivity contribution in [2.45, 2.75) is 12.5 Å². The minimum Gasteiger partial charge on any atom is -0.375 e. The van der Waals surface area contributed by atoms with E-state index in [9.17, 15) is 0 Å². The molecule has 0 radical (unpaired) electrons. The van der Waals surface area contributed by atoms with Crippen LogP contribution >= 0.6 is 15.9 Å². The predicted octanol–water partition coefficient (Wildman–Crippen LogP) is 1.98. The Balaban J connectivity index is 1.95. The largest absolute Gasteiger partial charge is 0.375 e. The van der Waals surface area contributed by atoms with Gasteiger partial charge in [-0.05, 0) is 24.1 Å². The van der Waals surface area contributed by atoms with Gasteiger partial charge in [-0.2, -0.15) is 0 Å². The van der Waals surface area contributed by atoms with Crippen LogP contribution in [-0.2, 0) is 11.2 Å². The van der Waals surface area contributed by atoms with Gasteiger partial charge in [0, 0.05) is 17.6 Å². The standard InChI is InChI=1S/C11H14BrNO/c12-10-3-1-2-9(6-10)7-11-8-13-4-5-14-11/h1-3,6,11,13H,4-5,7-8H2. The second kappa shape index (κ2) is 4.91. The summed E-state index contributed by atoms with van der Waals surface area (Å²) in [6.45, 7) is 2.78. The van der Waals surface area contributed by atoms with E-state index in [1.165, 1.54) is 5.56 Å². The number of halogens is 1. The van der Waals surface area contributed by atoms with Gasteiger partial charge in [0.2, 0.25) is 0 Å². The second-order valence-electron chi connectivity index (χ2n) is 3.53. The molecule has 1 aromatic rings. The Bertz CT molecular complexity index is 297. The lowest BCUT2D eigenvalue weighted by atomic mass is 10.1. The Labute approximate surface area is 92.8 Å². The van der Waals surface area contributed by atoms with Crippen molar-refractivity contribution in [2.75, 3.05) is 19.7 Å². The zero-order valence-electron chi connectivity index (χ0n) is 8.00. The molecular formula is C11H14BrNO. The third-order valence-electron chi connectivity index (χ3n) is 2.36. The van der Waals surface area contributed by atoms with Crippen LogP contribution < -0.4 is 5.32 Å². The molecule has 1 aliphatic heterocycles. The first-order valence-corrected chi connectivity index (χ1v) is 5.70. The predicted molar refractivity (Wildman–Crippen MR) is 60.5 cm³/mol. The molecule has 2 nitrogen and oxygen atoms in total. The number of hydrogen-bond donors (Lipinski definition) is 1. The van der Waals surface area contributed by atoms with E-state index in [2.05, 4.69) is 39.4 Å². The molecule has 1 saturated heterocycles. The van der Waals surface area contributed by atoms with Crippen LogP contribution in [0.1, 0.15) is 5.56 Å². The Morgan fingerprint density at radius 1 is 1.50 bits per heavy atom. The summed E-state index contributed by atoms with van der Waals surface area (Å²) in [5.41, 5.74) is 1.33. The maximum atomic E-state index is 5.64. The van der Waals surface area contributed by atoms with Crippen LogP contribution in [0.25, 0.3) is 0 Å². The van der Waals surface area contributed by atoms with Gasteiger partial charge in [0.1, 0.15) is 0 Å². The minimum atomic E-state index is 0.332. The van der Waals surface area contributed by atoms with Gasteiger partial charge in [-0.1, -0.05) is 28.1 Å². The topological polar surface area (TPSA) is 21.3 Å². The SMILES string of the molecule is Brc1cccc(CC2CNCCO2)c1. The number of hydrogen-bond acceptors (Lipinski definition) is 2. The molecule has 1 atom stereocenters. The van der Waals surface area contributed by atoms with Crippen LogP contribution in [0.5, 0.6) is 0 Å². The summed E-state index contributed by atoms with van der Waals surface area (Å²) in [6, 6.07) is 8.40. The molecule has 1 heterocycles. The maximum absolute atomic E-state index is 5.64. The summed E-state index contributed by atoms with van der Waals surface area (Å²) in [7, 11) is 0. The molecule has 1 aliphatic rings. The van der Waals surface area contributed by atoms with E-state index in [0.717, 1.165) is 30.6 Å². The van der Waals surface area contributed by atoms with Gasteiger partial charge >= 0.3 is 0 Å². The van der Waals surface area contributed by atoms with Gasteiger partial charge in [0.15, 0.2) is 0 Å². The van der Waals surface area contributed by atoms with Crippen molar-refractivity contribution in [2.24, 2.45) is 0 Å². The number of benzene rings is 1. The monoisotopic (exact) mass is 255 g/mol. The number of morpholine rings is 1. The lowest BCUT2D eigenvalue weighted by molar-refractivity contribution is 0.0292. The van der Waals surface area contributed by atoms with Crippen LogP contribution in [0.4, 0.5) is 0 Å². The Kier molecular flexibility index (Phi) is 3.56. The average molecular weight is 256 g/mol.